The highest BCUT2D eigenvalue weighted by molar-refractivity contribution is 6.26. The van der Waals surface area contributed by atoms with E-state index in [-0.39, 0.29) is 23.8 Å². The summed E-state index contributed by atoms with van der Waals surface area (Å²) in [6.45, 7) is 1.84. The third kappa shape index (κ3) is 3.74. The van der Waals surface area contributed by atoms with E-state index in [9.17, 15) is 9.59 Å². The van der Waals surface area contributed by atoms with Crippen LogP contribution in [-0.4, -0.2) is 23.3 Å². The van der Waals surface area contributed by atoms with Crippen LogP contribution in [0.2, 0.25) is 0 Å². The smallest absolute Gasteiger partial charge is 0.347 e. The Morgan fingerprint density at radius 2 is 2.04 bits per heavy atom. The van der Waals surface area contributed by atoms with Crippen molar-refractivity contribution in [2.24, 2.45) is 0 Å². The van der Waals surface area contributed by atoms with Gasteiger partial charge in [-0.3, -0.25) is 9.78 Å². The number of benzene rings is 1. The van der Waals surface area contributed by atoms with E-state index in [4.69, 9.17) is 9.47 Å². The minimum atomic E-state index is -0.722. The lowest BCUT2D eigenvalue weighted by Gasteiger charge is -2.08. The monoisotopic (exact) mass is 336 g/mol. The van der Waals surface area contributed by atoms with Crippen LogP contribution in [0.1, 0.15) is 12.5 Å². The number of ketones is 1. The molecule has 0 saturated carbocycles. The molecule has 2 aromatic rings. The number of Topliss-reactive ketones (excluding diaryl/α,β-unsaturated/α-hetero) is 1. The van der Waals surface area contributed by atoms with Crippen molar-refractivity contribution in [2.75, 3.05) is 11.9 Å². The summed E-state index contributed by atoms with van der Waals surface area (Å²) in [5.74, 6) is -1.15. The summed E-state index contributed by atoms with van der Waals surface area (Å²) in [5, 5.41) is 2.96. The van der Waals surface area contributed by atoms with Crippen molar-refractivity contribution in [3.63, 3.8) is 0 Å². The number of carbonyl (C=O) groups is 2. The maximum absolute atomic E-state index is 12.6. The summed E-state index contributed by atoms with van der Waals surface area (Å²) >= 11 is 0. The number of nitrogens with one attached hydrogen (secondary N) is 1. The number of hydrogen-bond acceptors (Lipinski definition) is 6. The van der Waals surface area contributed by atoms with E-state index in [1.54, 1.807) is 43.6 Å². The number of ether oxygens (including phenoxy) is 2. The molecular weight excluding hydrogens is 320 g/mol. The second-order valence-corrected chi connectivity index (χ2v) is 5.14. The van der Waals surface area contributed by atoms with Crippen LogP contribution in [-0.2, 0) is 19.1 Å². The van der Waals surface area contributed by atoms with Gasteiger partial charge in [0.05, 0.1) is 6.61 Å². The Bertz CT molecular complexity index is 842. The Hall–Kier alpha value is -3.41. The number of allylic oxidation sites excluding steroid dienone is 1. The fourth-order valence-electron chi connectivity index (χ4n) is 2.27. The molecule has 0 saturated heterocycles. The molecule has 0 aliphatic carbocycles. The van der Waals surface area contributed by atoms with Crippen molar-refractivity contribution in [2.45, 2.75) is 6.92 Å². The van der Waals surface area contributed by atoms with Crippen LogP contribution in [0.25, 0.3) is 6.08 Å². The first-order chi connectivity index (χ1) is 12.2. The highest BCUT2D eigenvalue weighted by Crippen LogP contribution is 2.28. The number of anilines is 1. The maximum atomic E-state index is 12.6. The first-order valence-corrected chi connectivity index (χ1v) is 7.76. The lowest BCUT2D eigenvalue weighted by atomic mass is 10.1. The number of pyridine rings is 1. The summed E-state index contributed by atoms with van der Waals surface area (Å²) in [7, 11) is 0. The van der Waals surface area contributed by atoms with Gasteiger partial charge in [0.2, 0.25) is 11.7 Å². The number of nitrogens with zero attached hydrogens (tertiary/aromatic N) is 1. The van der Waals surface area contributed by atoms with Gasteiger partial charge in [0.25, 0.3) is 0 Å². The zero-order chi connectivity index (χ0) is 17.6. The van der Waals surface area contributed by atoms with E-state index in [0.29, 0.717) is 11.3 Å². The van der Waals surface area contributed by atoms with Gasteiger partial charge in [0.1, 0.15) is 0 Å². The third-order valence-electron chi connectivity index (χ3n) is 3.38. The number of hydrogen-bond donors (Lipinski definition) is 1. The van der Waals surface area contributed by atoms with Gasteiger partial charge in [-0.1, -0.05) is 24.3 Å². The summed E-state index contributed by atoms with van der Waals surface area (Å²) in [4.78, 5) is 28.8. The zero-order valence-corrected chi connectivity index (χ0v) is 13.6. The Balaban J connectivity index is 1.93. The Morgan fingerprint density at radius 1 is 1.24 bits per heavy atom. The molecule has 0 spiro atoms. The van der Waals surface area contributed by atoms with Crippen molar-refractivity contribution in [3.05, 3.63) is 77.6 Å². The molecule has 1 aromatic carbocycles. The fraction of sp³-hybridized carbons (Fsp3) is 0.105. The number of aromatic nitrogens is 1. The molecule has 0 amide bonds. The van der Waals surface area contributed by atoms with Crippen LogP contribution in [0, 0.1) is 0 Å². The van der Waals surface area contributed by atoms with E-state index >= 15 is 0 Å². The average Bonchev–Trinajstić information content (AvgIpc) is 2.92. The molecular formula is C19H16N2O4. The van der Waals surface area contributed by atoms with Crippen molar-refractivity contribution < 1.29 is 19.1 Å². The molecule has 1 N–H and O–H groups in total. The summed E-state index contributed by atoms with van der Waals surface area (Å²) in [6.07, 6.45) is 4.76. The van der Waals surface area contributed by atoms with Crippen LogP contribution in [0.5, 0.6) is 0 Å². The summed E-state index contributed by atoms with van der Waals surface area (Å²) in [5.41, 5.74) is 1.23. The molecule has 25 heavy (non-hydrogen) atoms. The molecule has 1 aliphatic rings. The van der Waals surface area contributed by atoms with Gasteiger partial charge in [-0.25, -0.2) is 4.79 Å². The van der Waals surface area contributed by atoms with E-state index in [2.05, 4.69) is 10.3 Å². The molecule has 1 aliphatic heterocycles. The van der Waals surface area contributed by atoms with Gasteiger partial charge in [-0.2, -0.15) is 0 Å². The molecule has 0 atom stereocenters. The molecule has 2 heterocycles. The fourth-order valence-corrected chi connectivity index (χ4v) is 2.27. The predicted molar refractivity (Wildman–Crippen MR) is 92.0 cm³/mol. The van der Waals surface area contributed by atoms with E-state index < -0.39 is 11.8 Å². The van der Waals surface area contributed by atoms with Gasteiger partial charge in [-0.05, 0) is 36.8 Å². The number of rotatable bonds is 5. The minimum Gasteiger partial charge on any atom is -0.462 e. The van der Waals surface area contributed by atoms with Crippen LogP contribution < -0.4 is 5.32 Å². The second-order valence-electron chi connectivity index (χ2n) is 5.14. The second kappa shape index (κ2) is 7.44. The highest BCUT2D eigenvalue weighted by Gasteiger charge is 2.36. The van der Waals surface area contributed by atoms with E-state index in [1.807, 2.05) is 18.2 Å². The Labute approximate surface area is 144 Å². The number of para-hydroxylation sites is 1. The topological polar surface area (TPSA) is 77.5 Å². The standard InChI is InChI=1S/C19H16N2O4/c1-2-24-19(23)16-17(22)15(11-13-7-6-10-20-12-13)25-18(16)21-14-8-4-3-5-9-14/h3-12,21H,2H2,1H3/b15-11-. The maximum Gasteiger partial charge on any atom is 0.347 e. The summed E-state index contributed by atoms with van der Waals surface area (Å²) < 4.78 is 10.6. The first kappa shape index (κ1) is 16.4. The molecule has 0 radical (unpaired) electrons. The van der Waals surface area contributed by atoms with Crippen molar-refractivity contribution in [3.8, 4) is 0 Å². The van der Waals surface area contributed by atoms with Gasteiger partial charge >= 0.3 is 5.97 Å². The van der Waals surface area contributed by atoms with Crippen LogP contribution in [0.4, 0.5) is 5.69 Å². The summed E-state index contributed by atoms with van der Waals surface area (Å²) in [6, 6.07) is 12.6. The molecule has 0 bridgehead atoms. The van der Waals surface area contributed by atoms with Gasteiger partial charge < -0.3 is 14.8 Å². The lowest BCUT2D eigenvalue weighted by Crippen LogP contribution is -2.16. The Kier molecular flexibility index (Phi) is 4.89. The molecule has 0 fully saturated rings. The third-order valence-corrected chi connectivity index (χ3v) is 3.38. The van der Waals surface area contributed by atoms with Crippen molar-refractivity contribution >= 4 is 23.5 Å². The van der Waals surface area contributed by atoms with Crippen LogP contribution in [0.3, 0.4) is 0 Å². The van der Waals surface area contributed by atoms with Gasteiger partial charge in [-0.15, -0.1) is 0 Å². The highest BCUT2D eigenvalue weighted by atomic mass is 16.5. The van der Waals surface area contributed by atoms with Crippen molar-refractivity contribution in [1.29, 1.82) is 0 Å². The van der Waals surface area contributed by atoms with Crippen molar-refractivity contribution in [1.82, 2.24) is 4.98 Å². The van der Waals surface area contributed by atoms with E-state index in [0.717, 1.165) is 0 Å². The largest absolute Gasteiger partial charge is 0.462 e. The lowest BCUT2D eigenvalue weighted by molar-refractivity contribution is -0.139. The van der Waals surface area contributed by atoms with Gasteiger partial charge in [0, 0.05) is 18.1 Å². The number of esters is 1. The molecule has 0 unspecified atom stereocenters. The molecule has 6 heteroatoms. The molecule has 1 aromatic heterocycles. The molecule has 126 valence electrons. The molecule has 6 nitrogen and oxygen atoms in total. The molecule has 3 rings (SSSR count). The quantitative estimate of drug-likeness (QED) is 0.514. The number of carbonyl (C=O) groups excluding carboxylic acids is 2. The average molecular weight is 336 g/mol. The van der Waals surface area contributed by atoms with Crippen LogP contribution in [0.15, 0.2) is 72.1 Å². The minimum absolute atomic E-state index is 0.0366. The Morgan fingerprint density at radius 3 is 2.72 bits per heavy atom. The normalized spacial score (nSPS) is 15.2. The van der Waals surface area contributed by atoms with Gasteiger partial charge in [0.15, 0.2) is 11.3 Å². The zero-order valence-electron chi connectivity index (χ0n) is 13.6. The van der Waals surface area contributed by atoms with Crippen LogP contribution >= 0.6 is 0 Å². The first-order valence-electron chi connectivity index (χ1n) is 7.76. The predicted octanol–water partition coefficient (Wildman–Crippen LogP) is 2.91. The SMILES string of the molecule is CCOC(=O)C1=C(Nc2ccccc2)O/C(=C\c2cccnc2)C1=O. The van der Waals surface area contributed by atoms with E-state index in [1.165, 1.54) is 6.08 Å².